The lowest BCUT2D eigenvalue weighted by atomic mass is 9.99. The van der Waals surface area contributed by atoms with Gasteiger partial charge in [0.05, 0.1) is 16.6 Å². The zero-order valence-electron chi connectivity index (χ0n) is 10.1. The van der Waals surface area contributed by atoms with Gasteiger partial charge in [0.1, 0.15) is 11.5 Å². The maximum Gasteiger partial charge on any atom is 0.343 e. The van der Waals surface area contributed by atoms with E-state index >= 15 is 0 Å². The smallest absolute Gasteiger partial charge is 0.336 e. The number of likely N-dealkylation sites (tertiary alicyclic amines) is 1. The van der Waals surface area contributed by atoms with Crippen molar-refractivity contribution >= 4 is 21.8 Å². The molecule has 100 valence electrons. The molecule has 0 aliphatic carbocycles. The molecule has 9 heteroatoms. The third-order valence-corrected chi connectivity index (χ3v) is 3.86. The van der Waals surface area contributed by atoms with E-state index in [4.69, 9.17) is 0 Å². The van der Waals surface area contributed by atoms with Crippen molar-refractivity contribution in [2.24, 2.45) is 7.05 Å². The first-order chi connectivity index (χ1) is 9.08. The second-order valence-electron chi connectivity index (χ2n) is 4.45. The van der Waals surface area contributed by atoms with Crippen LogP contribution in [0.2, 0.25) is 0 Å². The summed E-state index contributed by atoms with van der Waals surface area (Å²) in [6.45, 7) is 1.09. The quantitative estimate of drug-likeness (QED) is 0.800. The highest BCUT2D eigenvalue weighted by Gasteiger charge is 2.36. The molecule has 1 aliphatic heterocycles. The van der Waals surface area contributed by atoms with Crippen molar-refractivity contribution in [2.75, 3.05) is 13.1 Å². The fourth-order valence-corrected chi connectivity index (χ4v) is 2.47. The molecule has 1 aliphatic rings. The van der Waals surface area contributed by atoms with Crippen LogP contribution in [0.25, 0.3) is 0 Å². The molecule has 8 nitrogen and oxygen atoms in total. The van der Waals surface area contributed by atoms with E-state index in [0.29, 0.717) is 29.1 Å². The van der Waals surface area contributed by atoms with Crippen LogP contribution in [0.4, 0.5) is 0 Å². The molecular weight excluding hydrogens is 316 g/mol. The van der Waals surface area contributed by atoms with E-state index in [0.717, 1.165) is 0 Å². The highest BCUT2D eigenvalue weighted by Crippen LogP contribution is 2.27. The monoisotopic (exact) mass is 326 g/mol. The van der Waals surface area contributed by atoms with Gasteiger partial charge in [-0.2, -0.15) is 10.2 Å². The molecule has 0 spiro atoms. The lowest BCUT2D eigenvalue weighted by Gasteiger charge is -2.38. The standard InChI is InChI=1S/C10H11BrN6O2/c1-16-8(14-15-10(16)19)5-3-17(4-5)9(18)7-6(11)2-12-13-7/h2,5H,3-4H2,1H3,(H,12,13)(H,15,19). The highest BCUT2D eigenvalue weighted by atomic mass is 79.9. The lowest BCUT2D eigenvalue weighted by molar-refractivity contribution is 0.0584. The molecule has 2 aromatic heterocycles. The number of carbonyl (C=O) groups excluding carboxylic acids is 1. The molecule has 0 radical (unpaired) electrons. The third-order valence-electron chi connectivity index (χ3n) is 3.26. The van der Waals surface area contributed by atoms with Crippen LogP contribution in [0, 0.1) is 0 Å². The number of nitrogens with zero attached hydrogens (tertiary/aromatic N) is 4. The Morgan fingerprint density at radius 2 is 2.21 bits per heavy atom. The highest BCUT2D eigenvalue weighted by molar-refractivity contribution is 9.10. The van der Waals surface area contributed by atoms with Gasteiger partial charge in [0.25, 0.3) is 5.91 Å². The number of hydrogen-bond acceptors (Lipinski definition) is 4. The molecule has 1 amide bonds. The number of hydrogen-bond donors (Lipinski definition) is 2. The first-order valence-electron chi connectivity index (χ1n) is 5.67. The summed E-state index contributed by atoms with van der Waals surface area (Å²) in [5.41, 5.74) is 0.199. The summed E-state index contributed by atoms with van der Waals surface area (Å²) in [7, 11) is 1.66. The predicted octanol–water partition coefficient (Wildman–Crippen LogP) is -0.166. The van der Waals surface area contributed by atoms with Gasteiger partial charge in [-0.25, -0.2) is 9.89 Å². The molecule has 0 unspecified atom stereocenters. The summed E-state index contributed by atoms with van der Waals surface area (Å²) in [6, 6.07) is 0. The molecule has 19 heavy (non-hydrogen) atoms. The van der Waals surface area contributed by atoms with Crippen molar-refractivity contribution in [3.8, 4) is 0 Å². The Morgan fingerprint density at radius 3 is 2.74 bits per heavy atom. The van der Waals surface area contributed by atoms with Crippen molar-refractivity contribution in [1.82, 2.24) is 29.9 Å². The van der Waals surface area contributed by atoms with Crippen LogP contribution < -0.4 is 5.69 Å². The summed E-state index contributed by atoms with van der Waals surface area (Å²) in [6.07, 6.45) is 1.54. The molecule has 0 saturated carbocycles. The van der Waals surface area contributed by atoms with Gasteiger partial charge in [0.2, 0.25) is 0 Å². The number of rotatable bonds is 2. The summed E-state index contributed by atoms with van der Waals surface area (Å²) in [4.78, 5) is 25.1. The van der Waals surface area contributed by atoms with Gasteiger partial charge >= 0.3 is 5.69 Å². The topological polar surface area (TPSA) is 99.7 Å². The Balaban J connectivity index is 1.71. The van der Waals surface area contributed by atoms with Crippen molar-refractivity contribution < 1.29 is 4.79 Å². The minimum Gasteiger partial charge on any atom is -0.336 e. The number of halogens is 1. The lowest BCUT2D eigenvalue weighted by Crippen LogP contribution is -2.49. The second kappa shape index (κ2) is 4.34. The molecule has 2 aromatic rings. The Labute approximate surface area is 115 Å². The summed E-state index contributed by atoms with van der Waals surface area (Å²) in [5, 5.41) is 12.8. The van der Waals surface area contributed by atoms with Gasteiger partial charge in [0.15, 0.2) is 0 Å². The molecule has 3 heterocycles. The second-order valence-corrected chi connectivity index (χ2v) is 5.30. The molecule has 3 rings (SSSR count). The van der Waals surface area contributed by atoms with Gasteiger partial charge in [-0.15, -0.1) is 0 Å². The SMILES string of the molecule is Cn1c(C2CN(C(=O)c3[nH]ncc3Br)C2)n[nH]c1=O. The van der Waals surface area contributed by atoms with Crippen LogP contribution >= 0.6 is 15.9 Å². The van der Waals surface area contributed by atoms with Gasteiger partial charge in [-0.05, 0) is 15.9 Å². The number of nitrogens with one attached hydrogen (secondary N) is 2. The van der Waals surface area contributed by atoms with Crippen molar-refractivity contribution in [1.29, 1.82) is 0 Å². The Morgan fingerprint density at radius 1 is 1.47 bits per heavy atom. The van der Waals surface area contributed by atoms with E-state index in [-0.39, 0.29) is 17.5 Å². The van der Waals surface area contributed by atoms with Crippen LogP contribution in [-0.4, -0.2) is 48.9 Å². The van der Waals surface area contributed by atoms with Crippen molar-refractivity contribution in [3.63, 3.8) is 0 Å². The Kier molecular flexibility index (Phi) is 2.77. The molecule has 0 atom stereocenters. The van der Waals surface area contributed by atoms with E-state index in [1.54, 1.807) is 18.1 Å². The van der Waals surface area contributed by atoms with Crippen LogP contribution in [0.5, 0.6) is 0 Å². The number of aromatic nitrogens is 5. The van der Waals surface area contributed by atoms with Gasteiger partial charge in [0, 0.05) is 20.1 Å². The first-order valence-corrected chi connectivity index (χ1v) is 6.46. The maximum atomic E-state index is 12.1. The van der Waals surface area contributed by atoms with E-state index in [2.05, 4.69) is 36.3 Å². The largest absolute Gasteiger partial charge is 0.343 e. The summed E-state index contributed by atoms with van der Waals surface area (Å²) >= 11 is 3.26. The third kappa shape index (κ3) is 1.89. The van der Waals surface area contributed by atoms with Gasteiger partial charge in [-0.1, -0.05) is 0 Å². The number of carbonyl (C=O) groups is 1. The molecule has 1 saturated heterocycles. The predicted molar refractivity (Wildman–Crippen MR) is 68.8 cm³/mol. The minimum atomic E-state index is -0.240. The molecule has 2 N–H and O–H groups in total. The molecular formula is C10H11BrN6O2. The van der Waals surface area contributed by atoms with Crippen molar-refractivity contribution in [2.45, 2.75) is 5.92 Å². The number of H-pyrrole nitrogens is 2. The average Bonchev–Trinajstić information content (AvgIpc) is 2.87. The van der Waals surface area contributed by atoms with Gasteiger partial charge < -0.3 is 4.90 Å². The summed E-state index contributed by atoms with van der Waals surface area (Å²) in [5.74, 6) is 0.661. The van der Waals surface area contributed by atoms with Gasteiger partial charge in [-0.3, -0.25) is 14.5 Å². The summed E-state index contributed by atoms with van der Waals surface area (Å²) < 4.78 is 2.12. The zero-order chi connectivity index (χ0) is 13.6. The van der Waals surface area contributed by atoms with Crippen LogP contribution in [-0.2, 0) is 7.05 Å². The number of amides is 1. The van der Waals surface area contributed by atoms with E-state index < -0.39 is 0 Å². The van der Waals surface area contributed by atoms with Crippen LogP contribution in [0.15, 0.2) is 15.5 Å². The Bertz CT molecular complexity index is 680. The Hall–Kier alpha value is -1.90. The fourth-order valence-electron chi connectivity index (χ4n) is 2.11. The zero-order valence-corrected chi connectivity index (χ0v) is 11.6. The molecule has 0 aromatic carbocycles. The van der Waals surface area contributed by atoms with Crippen LogP contribution in [0.3, 0.4) is 0 Å². The maximum absolute atomic E-state index is 12.1. The first kappa shape index (κ1) is 12.2. The normalized spacial score (nSPS) is 15.6. The minimum absolute atomic E-state index is 0.0922. The van der Waals surface area contributed by atoms with E-state index in [1.165, 1.54) is 4.57 Å². The van der Waals surface area contributed by atoms with E-state index in [9.17, 15) is 9.59 Å². The average molecular weight is 327 g/mol. The fraction of sp³-hybridized carbons (Fsp3) is 0.400. The van der Waals surface area contributed by atoms with Crippen LogP contribution in [0.1, 0.15) is 22.2 Å². The molecule has 0 bridgehead atoms. The molecule has 1 fully saturated rings. The number of aromatic amines is 2. The van der Waals surface area contributed by atoms with Crippen molar-refractivity contribution in [3.05, 3.63) is 32.7 Å². The van der Waals surface area contributed by atoms with E-state index in [1.807, 2.05) is 0 Å².